The summed E-state index contributed by atoms with van der Waals surface area (Å²) in [4.78, 5) is 17.1. The van der Waals surface area contributed by atoms with Gasteiger partial charge in [-0.05, 0) is 42.5 Å². The zero-order chi connectivity index (χ0) is 23.4. The van der Waals surface area contributed by atoms with Crippen molar-refractivity contribution in [2.24, 2.45) is 17.8 Å². The van der Waals surface area contributed by atoms with Gasteiger partial charge in [0, 0.05) is 50.1 Å². The Hall–Kier alpha value is -2.27. The van der Waals surface area contributed by atoms with Crippen LogP contribution >= 0.6 is 0 Å². The number of amides is 1. The van der Waals surface area contributed by atoms with Gasteiger partial charge in [-0.2, -0.15) is 0 Å². The highest BCUT2D eigenvalue weighted by Crippen LogP contribution is 2.35. The minimum atomic E-state index is -0.248. The molecule has 1 heterocycles. The second-order valence-electron chi connectivity index (χ2n) is 10.0. The predicted octanol–water partition coefficient (Wildman–Crippen LogP) is 5.63. The highest BCUT2D eigenvalue weighted by molar-refractivity contribution is 5.78. The summed E-state index contributed by atoms with van der Waals surface area (Å²) in [6.07, 6.45) is 0. The van der Waals surface area contributed by atoms with Gasteiger partial charge >= 0.3 is 0 Å². The summed E-state index contributed by atoms with van der Waals surface area (Å²) in [5.74, 6) is 0.253. The molecule has 0 aromatic heterocycles. The van der Waals surface area contributed by atoms with Gasteiger partial charge in [0.2, 0.25) is 5.91 Å². The van der Waals surface area contributed by atoms with E-state index in [-0.39, 0.29) is 35.3 Å². The number of carbonyl (C=O) groups is 1. The lowest BCUT2D eigenvalue weighted by Crippen LogP contribution is -2.41. The fourth-order valence-corrected chi connectivity index (χ4v) is 4.80. The van der Waals surface area contributed by atoms with Gasteiger partial charge in [0.05, 0.1) is 0 Å². The second kappa shape index (κ2) is 10.6. The van der Waals surface area contributed by atoms with Gasteiger partial charge in [-0.3, -0.25) is 9.69 Å². The maximum Gasteiger partial charge on any atom is 0.225 e. The molecule has 0 N–H and O–H groups in total. The molecule has 0 radical (unpaired) electrons. The van der Waals surface area contributed by atoms with Crippen LogP contribution in [0.2, 0.25) is 0 Å². The Morgan fingerprint density at radius 1 is 1.09 bits per heavy atom. The Kier molecular flexibility index (Phi) is 8.05. The van der Waals surface area contributed by atoms with E-state index in [4.69, 9.17) is 0 Å². The summed E-state index contributed by atoms with van der Waals surface area (Å²) in [5, 5.41) is 0. The van der Waals surface area contributed by atoms with E-state index in [1.165, 1.54) is 12.1 Å². The third-order valence-electron chi connectivity index (χ3n) is 6.23. The van der Waals surface area contributed by atoms with E-state index >= 15 is 0 Å². The minimum absolute atomic E-state index is 0.0692. The van der Waals surface area contributed by atoms with Crippen LogP contribution in [0.25, 0.3) is 0 Å². The molecule has 174 valence electrons. The van der Waals surface area contributed by atoms with Crippen molar-refractivity contribution in [3.05, 3.63) is 70.8 Å². The third kappa shape index (κ3) is 6.16. The maximum atomic E-state index is 14.4. The zero-order valence-corrected chi connectivity index (χ0v) is 19.9. The number of aryl methyl sites for hydroxylation is 1. The fourth-order valence-electron chi connectivity index (χ4n) is 4.80. The largest absolute Gasteiger partial charge is 0.342 e. The molecule has 0 aliphatic carbocycles. The predicted molar refractivity (Wildman–Crippen MR) is 125 cm³/mol. The zero-order valence-electron chi connectivity index (χ0n) is 19.9. The number of hydrogen-bond donors (Lipinski definition) is 0. The molecule has 2 aromatic rings. The maximum absolute atomic E-state index is 14.4. The van der Waals surface area contributed by atoms with Gasteiger partial charge in [-0.1, -0.05) is 57.5 Å². The lowest BCUT2D eigenvalue weighted by molar-refractivity contribution is -0.135. The molecule has 2 atom stereocenters. The summed E-state index contributed by atoms with van der Waals surface area (Å²) in [6.45, 7) is 13.4. The molecule has 0 saturated carbocycles. The van der Waals surface area contributed by atoms with Crippen LogP contribution in [-0.4, -0.2) is 41.9 Å². The molecule has 3 rings (SSSR count). The summed E-state index contributed by atoms with van der Waals surface area (Å²) in [7, 11) is 0. The third-order valence-corrected chi connectivity index (χ3v) is 6.23. The Labute approximate surface area is 191 Å². The smallest absolute Gasteiger partial charge is 0.225 e. The molecule has 1 aliphatic heterocycles. The summed E-state index contributed by atoms with van der Waals surface area (Å²) in [6, 6.07) is 12.0. The van der Waals surface area contributed by atoms with Crippen molar-refractivity contribution in [2.45, 2.75) is 47.1 Å². The molecule has 3 nitrogen and oxygen atoms in total. The normalized spacial score (nSPS) is 19.2. The summed E-state index contributed by atoms with van der Waals surface area (Å²) >= 11 is 0. The van der Waals surface area contributed by atoms with Crippen LogP contribution in [0, 0.1) is 36.3 Å². The highest BCUT2D eigenvalue weighted by atomic mass is 19.1. The van der Waals surface area contributed by atoms with Gasteiger partial charge in [-0.15, -0.1) is 0 Å². The van der Waals surface area contributed by atoms with Crippen molar-refractivity contribution in [3.8, 4) is 0 Å². The van der Waals surface area contributed by atoms with Gasteiger partial charge in [-0.25, -0.2) is 8.78 Å². The topological polar surface area (TPSA) is 23.6 Å². The lowest BCUT2D eigenvalue weighted by Gasteiger charge is -2.31. The number of likely N-dealkylation sites (tertiary alicyclic amines) is 1. The number of carbonyl (C=O) groups excluding carboxylic acids is 1. The highest BCUT2D eigenvalue weighted by Gasteiger charge is 2.36. The molecule has 2 aromatic carbocycles. The monoisotopic (exact) mass is 442 g/mol. The van der Waals surface area contributed by atoms with Crippen molar-refractivity contribution >= 4 is 5.91 Å². The molecule has 32 heavy (non-hydrogen) atoms. The first kappa shape index (κ1) is 24.4. The van der Waals surface area contributed by atoms with Crippen molar-refractivity contribution < 1.29 is 13.6 Å². The number of halogens is 2. The molecule has 1 amide bonds. The lowest BCUT2D eigenvalue weighted by atomic mass is 9.88. The fraction of sp³-hybridized carbons (Fsp3) is 0.519. The van der Waals surface area contributed by atoms with Crippen LogP contribution in [0.1, 0.15) is 50.3 Å². The molecular formula is C27H36F2N2O. The van der Waals surface area contributed by atoms with Gasteiger partial charge < -0.3 is 4.90 Å². The molecule has 0 bridgehead atoms. The molecule has 1 saturated heterocycles. The second-order valence-corrected chi connectivity index (χ2v) is 10.0. The van der Waals surface area contributed by atoms with Crippen LogP contribution in [0.4, 0.5) is 8.78 Å². The first-order valence-corrected chi connectivity index (χ1v) is 11.7. The quantitative estimate of drug-likeness (QED) is 0.529. The number of hydrogen-bond acceptors (Lipinski definition) is 2. The van der Waals surface area contributed by atoms with Gasteiger partial charge in [0.1, 0.15) is 11.6 Å². The van der Waals surface area contributed by atoms with E-state index in [1.807, 2.05) is 37.8 Å². The van der Waals surface area contributed by atoms with Gasteiger partial charge in [0.15, 0.2) is 0 Å². The molecular weight excluding hydrogens is 406 g/mol. The van der Waals surface area contributed by atoms with Crippen molar-refractivity contribution in [1.29, 1.82) is 0 Å². The van der Waals surface area contributed by atoms with Crippen molar-refractivity contribution in [3.63, 3.8) is 0 Å². The SMILES string of the molecule is Cc1ccc(F)c(CN2C[C@H](CN(CC(C)C)C(=O)C(C)C)[C@@H](c3cccc(F)c3)C2)c1. The molecule has 5 heteroatoms. The number of nitrogens with zero attached hydrogens (tertiary/aromatic N) is 2. The van der Waals surface area contributed by atoms with E-state index in [2.05, 4.69) is 18.7 Å². The van der Waals surface area contributed by atoms with E-state index in [0.717, 1.165) is 17.7 Å². The number of benzene rings is 2. The first-order chi connectivity index (χ1) is 15.1. The minimum Gasteiger partial charge on any atom is -0.342 e. The van der Waals surface area contributed by atoms with Crippen LogP contribution in [-0.2, 0) is 11.3 Å². The van der Waals surface area contributed by atoms with Crippen molar-refractivity contribution in [1.82, 2.24) is 9.80 Å². The standard InChI is InChI=1S/C27H36F2N2O/c1-18(2)13-31(27(32)19(3)4)16-23-15-30(14-22-11-20(5)9-10-26(22)29)17-25(23)21-7-6-8-24(28)12-21/h6-12,18-19,23,25H,13-17H2,1-5H3/t23-,25-/m1/s1. The van der Waals surface area contributed by atoms with Crippen LogP contribution < -0.4 is 0 Å². The van der Waals surface area contributed by atoms with Crippen LogP contribution in [0.15, 0.2) is 42.5 Å². The Morgan fingerprint density at radius 3 is 2.50 bits per heavy atom. The molecule has 1 aliphatic rings. The van der Waals surface area contributed by atoms with E-state index in [0.29, 0.717) is 37.7 Å². The van der Waals surface area contributed by atoms with E-state index in [9.17, 15) is 13.6 Å². The summed E-state index contributed by atoms with van der Waals surface area (Å²) < 4.78 is 28.4. The Bertz CT molecular complexity index is 928. The molecule has 0 unspecified atom stereocenters. The number of rotatable bonds is 8. The van der Waals surface area contributed by atoms with Crippen molar-refractivity contribution in [2.75, 3.05) is 26.2 Å². The Morgan fingerprint density at radius 2 is 1.84 bits per heavy atom. The molecule has 1 fully saturated rings. The van der Waals surface area contributed by atoms with Gasteiger partial charge in [0.25, 0.3) is 0 Å². The Balaban J connectivity index is 1.86. The van der Waals surface area contributed by atoms with Crippen LogP contribution in [0.3, 0.4) is 0 Å². The summed E-state index contributed by atoms with van der Waals surface area (Å²) in [5.41, 5.74) is 2.66. The average molecular weight is 443 g/mol. The van der Waals surface area contributed by atoms with E-state index < -0.39 is 0 Å². The molecule has 0 spiro atoms. The first-order valence-electron chi connectivity index (χ1n) is 11.7. The van der Waals surface area contributed by atoms with Crippen LogP contribution in [0.5, 0.6) is 0 Å². The average Bonchev–Trinajstić information content (AvgIpc) is 3.11. The van der Waals surface area contributed by atoms with E-state index in [1.54, 1.807) is 18.2 Å².